The van der Waals surface area contributed by atoms with E-state index in [-0.39, 0.29) is 35.1 Å². The van der Waals surface area contributed by atoms with Crippen molar-refractivity contribution in [1.82, 2.24) is 10.3 Å². The van der Waals surface area contributed by atoms with E-state index >= 15 is 0 Å². The first-order chi connectivity index (χ1) is 13.3. The van der Waals surface area contributed by atoms with Crippen LogP contribution in [0, 0.1) is 5.53 Å². The number of carbonyl (C=O) groups is 1. The molecule has 1 aromatic carbocycles. The molecular weight excluding hydrogens is 377 g/mol. The number of benzene rings is 1. The Morgan fingerprint density at radius 1 is 1.32 bits per heavy atom. The van der Waals surface area contributed by atoms with Crippen LogP contribution in [0.3, 0.4) is 0 Å². The van der Waals surface area contributed by atoms with Crippen LogP contribution in [-0.4, -0.2) is 40.8 Å². The molecule has 1 aliphatic carbocycles. The SMILES string of the molecule is N=[N+]1CCC(NC(=O)c2ncc(-c3cc(C(F)(F)F)ccc3OC3CC3)o2)C1. The summed E-state index contributed by atoms with van der Waals surface area (Å²) in [5, 5.41) is 2.71. The molecule has 2 heterocycles. The number of alkyl halides is 3. The molecule has 0 radical (unpaired) electrons. The molecule has 1 aliphatic heterocycles. The average Bonchev–Trinajstić information content (AvgIpc) is 3.14. The number of rotatable bonds is 5. The zero-order valence-electron chi connectivity index (χ0n) is 14.8. The molecule has 4 rings (SSSR count). The van der Waals surface area contributed by atoms with E-state index in [1.165, 1.54) is 17.0 Å². The van der Waals surface area contributed by atoms with Crippen molar-refractivity contribution in [2.75, 3.05) is 13.1 Å². The van der Waals surface area contributed by atoms with E-state index in [9.17, 15) is 18.0 Å². The van der Waals surface area contributed by atoms with Crippen molar-refractivity contribution in [3.63, 3.8) is 0 Å². The molecule has 0 spiro atoms. The Morgan fingerprint density at radius 2 is 2.11 bits per heavy atom. The maximum Gasteiger partial charge on any atom is 0.416 e. The van der Waals surface area contributed by atoms with Crippen molar-refractivity contribution in [3.05, 3.63) is 35.9 Å². The summed E-state index contributed by atoms with van der Waals surface area (Å²) < 4.78 is 51.8. The second-order valence-electron chi connectivity index (χ2n) is 6.96. The third-order valence-electron chi connectivity index (χ3n) is 4.61. The number of amides is 1. The summed E-state index contributed by atoms with van der Waals surface area (Å²) in [6, 6.07) is 2.97. The van der Waals surface area contributed by atoms with E-state index in [0.29, 0.717) is 19.5 Å². The number of hydrogen-bond donors (Lipinski definition) is 2. The molecule has 1 amide bonds. The lowest BCUT2D eigenvalue weighted by atomic mass is 10.1. The number of oxazole rings is 1. The highest BCUT2D eigenvalue weighted by molar-refractivity contribution is 5.90. The molecule has 10 heteroatoms. The lowest BCUT2D eigenvalue weighted by molar-refractivity contribution is -0.596. The van der Waals surface area contributed by atoms with Gasteiger partial charge < -0.3 is 14.5 Å². The molecule has 148 valence electrons. The van der Waals surface area contributed by atoms with Crippen LogP contribution in [0.15, 0.2) is 28.8 Å². The van der Waals surface area contributed by atoms with E-state index in [1.54, 1.807) is 0 Å². The molecule has 2 fully saturated rings. The van der Waals surface area contributed by atoms with Crippen LogP contribution < -0.4 is 10.1 Å². The highest BCUT2D eigenvalue weighted by atomic mass is 19.4. The fourth-order valence-corrected chi connectivity index (χ4v) is 3.00. The van der Waals surface area contributed by atoms with Crippen LogP contribution in [0.1, 0.15) is 35.5 Å². The van der Waals surface area contributed by atoms with Crippen molar-refractivity contribution >= 4 is 5.91 Å². The van der Waals surface area contributed by atoms with Crippen molar-refractivity contribution in [2.24, 2.45) is 0 Å². The van der Waals surface area contributed by atoms with Gasteiger partial charge in [-0.2, -0.15) is 13.2 Å². The van der Waals surface area contributed by atoms with Gasteiger partial charge in [-0.1, -0.05) is 5.53 Å². The van der Waals surface area contributed by atoms with Gasteiger partial charge in [-0.15, -0.1) is 4.70 Å². The second kappa shape index (κ2) is 6.92. The number of nitrogens with one attached hydrogen (secondary N) is 2. The number of ether oxygens (including phenoxy) is 1. The fourth-order valence-electron chi connectivity index (χ4n) is 3.00. The Kier molecular flexibility index (Phi) is 4.56. The summed E-state index contributed by atoms with van der Waals surface area (Å²) in [6.45, 7) is 0.945. The van der Waals surface area contributed by atoms with E-state index in [0.717, 1.165) is 25.0 Å². The zero-order chi connectivity index (χ0) is 19.9. The van der Waals surface area contributed by atoms with Crippen LogP contribution in [0.4, 0.5) is 13.2 Å². The zero-order valence-corrected chi connectivity index (χ0v) is 14.8. The maximum atomic E-state index is 13.1. The van der Waals surface area contributed by atoms with Crippen LogP contribution in [0.25, 0.3) is 11.3 Å². The van der Waals surface area contributed by atoms with Gasteiger partial charge in [-0.3, -0.25) is 4.79 Å². The first-order valence-corrected chi connectivity index (χ1v) is 8.91. The van der Waals surface area contributed by atoms with Crippen LogP contribution in [0.2, 0.25) is 0 Å². The Labute approximate surface area is 158 Å². The summed E-state index contributed by atoms with van der Waals surface area (Å²) >= 11 is 0. The van der Waals surface area contributed by atoms with Crippen molar-refractivity contribution in [3.8, 4) is 17.1 Å². The van der Waals surface area contributed by atoms with Crippen molar-refractivity contribution < 1.29 is 31.8 Å². The van der Waals surface area contributed by atoms with E-state index in [1.807, 2.05) is 0 Å². The molecule has 1 aromatic heterocycles. The summed E-state index contributed by atoms with van der Waals surface area (Å²) in [5.74, 6) is -0.518. The summed E-state index contributed by atoms with van der Waals surface area (Å²) in [5.41, 5.74) is 6.78. The number of carbonyl (C=O) groups excluding carboxylic acids is 1. The number of nitrogens with zero attached hydrogens (tertiary/aromatic N) is 2. The van der Waals surface area contributed by atoms with Crippen LogP contribution in [-0.2, 0) is 6.18 Å². The van der Waals surface area contributed by atoms with Crippen molar-refractivity contribution in [1.29, 1.82) is 5.53 Å². The highest BCUT2D eigenvalue weighted by Gasteiger charge is 2.33. The normalized spacial score (nSPS) is 19.7. The Morgan fingerprint density at radius 3 is 2.75 bits per heavy atom. The molecule has 1 saturated heterocycles. The predicted octanol–water partition coefficient (Wildman–Crippen LogP) is 3.45. The molecule has 1 unspecified atom stereocenters. The molecule has 0 bridgehead atoms. The predicted molar refractivity (Wildman–Crippen MR) is 89.2 cm³/mol. The smallest absolute Gasteiger partial charge is 0.416 e. The Hall–Kier alpha value is -2.91. The van der Waals surface area contributed by atoms with Gasteiger partial charge in [-0.05, 0) is 31.0 Å². The second-order valence-corrected chi connectivity index (χ2v) is 6.96. The number of halogens is 3. The van der Waals surface area contributed by atoms with Gasteiger partial charge >= 0.3 is 12.1 Å². The monoisotopic (exact) mass is 395 g/mol. The van der Waals surface area contributed by atoms with Gasteiger partial charge in [0.05, 0.1) is 29.5 Å². The standard InChI is InChI=1S/C18H17F3N4O3/c19-18(20,21)10-1-4-14(27-12-2-3-12)13(7-10)15-8-23-17(28-15)16(26)24-11-5-6-25(22)9-11/h1,4,7-8,11-12,22H,2-3,5-6,9H2/p+1. The summed E-state index contributed by atoms with van der Waals surface area (Å²) in [7, 11) is 0. The fraction of sp³-hybridized carbons (Fsp3) is 0.444. The third kappa shape index (κ3) is 4.00. The lowest BCUT2D eigenvalue weighted by Gasteiger charge is -2.13. The topological polar surface area (TPSA) is 91.2 Å². The molecule has 2 aromatic rings. The van der Waals surface area contributed by atoms with Gasteiger partial charge in [0.25, 0.3) is 5.89 Å². The largest absolute Gasteiger partial charge is 0.490 e. The molecule has 1 atom stereocenters. The average molecular weight is 395 g/mol. The van der Waals surface area contributed by atoms with Gasteiger partial charge in [0.2, 0.25) is 0 Å². The van der Waals surface area contributed by atoms with Gasteiger partial charge in [0.15, 0.2) is 18.8 Å². The quantitative estimate of drug-likeness (QED) is 0.759. The van der Waals surface area contributed by atoms with Crippen LogP contribution >= 0.6 is 0 Å². The minimum absolute atomic E-state index is 0.0173. The number of aromatic nitrogens is 1. The molecule has 1 saturated carbocycles. The number of hydrogen-bond acceptors (Lipinski definition) is 5. The summed E-state index contributed by atoms with van der Waals surface area (Å²) in [6.07, 6.45) is -0.989. The highest BCUT2D eigenvalue weighted by Crippen LogP contribution is 2.39. The van der Waals surface area contributed by atoms with Gasteiger partial charge in [0.1, 0.15) is 5.75 Å². The minimum atomic E-state index is -4.52. The molecule has 28 heavy (non-hydrogen) atoms. The minimum Gasteiger partial charge on any atom is -0.490 e. The molecule has 2 aliphatic rings. The molecule has 7 nitrogen and oxygen atoms in total. The van der Waals surface area contributed by atoms with Crippen molar-refractivity contribution in [2.45, 2.75) is 37.6 Å². The molecule has 2 N–H and O–H groups in total. The Balaban J connectivity index is 1.59. The first kappa shape index (κ1) is 18.5. The van der Waals surface area contributed by atoms with Gasteiger partial charge in [0, 0.05) is 6.42 Å². The lowest BCUT2D eigenvalue weighted by Crippen LogP contribution is -2.35. The van der Waals surface area contributed by atoms with E-state index in [2.05, 4.69) is 10.3 Å². The maximum absolute atomic E-state index is 13.1. The third-order valence-corrected chi connectivity index (χ3v) is 4.61. The van der Waals surface area contributed by atoms with Gasteiger partial charge in [-0.25, -0.2) is 4.98 Å². The Bertz CT molecular complexity index is 921. The van der Waals surface area contributed by atoms with Crippen LogP contribution in [0.5, 0.6) is 5.75 Å². The van der Waals surface area contributed by atoms with E-state index < -0.39 is 17.6 Å². The first-order valence-electron chi connectivity index (χ1n) is 8.91. The summed E-state index contributed by atoms with van der Waals surface area (Å²) in [4.78, 5) is 16.2. The van der Waals surface area contributed by atoms with E-state index in [4.69, 9.17) is 14.7 Å². The molecular formula is C18H18F3N4O3+.